The van der Waals surface area contributed by atoms with Gasteiger partial charge in [0, 0.05) is 26.6 Å². The Hall–Kier alpha value is -0.283. The van der Waals surface area contributed by atoms with Crippen LogP contribution < -0.4 is 0 Å². The Balaban J connectivity index is 2.92. The fraction of sp³-hybridized carbons (Fsp3) is 0.923. The molecule has 7 heteroatoms. The molecule has 1 N–H and O–H groups in total. The van der Waals surface area contributed by atoms with Gasteiger partial charge >= 0.3 is 0 Å². The minimum atomic E-state index is -1.81. The van der Waals surface area contributed by atoms with Crippen molar-refractivity contribution in [1.29, 1.82) is 0 Å². The van der Waals surface area contributed by atoms with Crippen molar-refractivity contribution >= 4 is 8.32 Å². The topological polar surface area (TPSA) is 66.4 Å². The van der Waals surface area contributed by atoms with Gasteiger partial charge in [0.1, 0.15) is 6.79 Å². The molecule has 0 spiro atoms. The Kier molecular flexibility index (Phi) is 12.8. The largest absolute Gasteiger partial charge is 0.417 e. The Morgan fingerprint density at radius 1 is 1.03 bits per heavy atom. The van der Waals surface area contributed by atoms with Gasteiger partial charge < -0.3 is 28.5 Å². The van der Waals surface area contributed by atoms with Gasteiger partial charge in [-0.1, -0.05) is 53.7 Å². The minimum Gasteiger partial charge on any atom is -0.417 e. The summed E-state index contributed by atoms with van der Waals surface area (Å²) in [6.45, 7) is 22.1. The van der Waals surface area contributed by atoms with Crippen molar-refractivity contribution in [1.82, 2.24) is 0 Å². The van der Waals surface area contributed by atoms with Crippen LogP contribution in [0.15, 0.2) is 12.2 Å². The fourth-order valence-electron chi connectivity index (χ4n) is 4.00. The Labute approximate surface area is 204 Å². The van der Waals surface area contributed by atoms with E-state index in [1.54, 1.807) is 7.11 Å². The Morgan fingerprint density at radius 3 is 2.15 bits per heavy atom. The van der Waals surface area contributed by atoms with Crippen LogP contribution in [0.5, 0.6) is 0 Å². The highest BCUT2D eigenvalue weighted by Gasteiger charge is 2.40. The van der Waals surface area contributed by atoms with Gasteiger partial charge in [0.2, 0.25) is 0 Å². The Morgan fingerprint density at radius 2 is 1.64 bits per heavy atom. The van der Waals surface area contributed by atoms with Gasteiger partial charge in [-0.3, -0.25) is 0 Å². The van der Waals surface area contributed by atoms with Crippen molar-refractivity contribution in [3.05, 3.63) is 12.2 Å². The number of methoxy groups -OCH3 is 1. The molecule has 0 aliphatic carbocycles. The summed E-state index contributed by atoms with van der Waals surface area (Å²) in [5.74, 6) is 0.527. The molecule has 1 saturated heterocycles. The van der Waals surface area contributed by atoms with E-state index in [1.165, 1.54) is 0 Å². The molecule has 0 bridgehead atoms. The maximum atomic E-state index is 10.5. The van der Waals surface area contributed by atoms with Gasteiger partial charge in [0.15, 0.2) is 14.1 Å². The molecule has 1 aliphatic heterocycles. The lowest BCUT2D eigenvalue weighted by atomic mass is 9.83. The van der Waals surface area contributed by atoms with Gasteiger partial charge in [-0.15, -0.1) is 0 Å². The van der Waals surface area contributed by atoms with E-state index in [0.717, 1.165) is 19.3 Å². The highest BCUT2D eigenvalue weighted by molar-refractivity contribution is 6.74. The summed E-state index contributed by atoms with van der Waals surface area (Å²) in [5.41, 5.74) is 0. The third kappa shape index (κ3) is 10.5. The molecule has 1 heterocycles. The maximum absolute atomic E-state index is 10.5. The van der Waals surface area contributed by atoms with Crippen molar-refractivity contribution in [2.75, 3.05) is 33.7 Å². The first-order valence-corrected chi connectivity index (χ1v) is 15.5. The summed E-state index contributed by atoms with van der Waals surface area (Å²) in [6, 6.07) is 0. The van der Waals surface area contributed by atoms with E-state index in [1.807, 2.05) is 13.0 Å². The zero-order valence-electron chi connectivity index (χ0n) is 23.0. The first kappa shape index (κ1) is 30.7. The van der Waals surface area contributed by atoms with Gasteiger partial charge in [0.25, 0.3) is 0 Å². The van der Waals surface area contributed by atoms with Crippen LogP contribution in [0.25, 0.3) is 0 Å². The van der Waals surface area contributed by atoms with E-state index < -0.39 is 20.2 Å². The quantitative estimate of drug-likeness (QED) is 0.180. The molecular formula is C26H52O6Si. The lowest BCUT2D eigenvalue weighted by molar-refractivity contribution is -0.181. The molecule has 0 aromatic carbocycles. The second-order valence-corrected chi connectivity index (χ2v) is 16.4. The van der Waals surface area contributed by atoms with Crippen molar-refractivity contribution in [3.63, 3.8) is 0 Å². The SMILES string of the molecule is COCO[C@H](C)[C@@H](O)/C=C/[C@H](CCO[Si](C)(C)C(C)(C)C)[C@H](C)CC1(CC(C)C)OCCO1. The van der Waals surface area contributed by atoms with Gasteiger partial charge in [-0.2, -0.15) is 0 Å². The molecule has 33 heavy (non-hydrogen) atoms. The number of aliphatic hydroxyl groups is 1. The summed E-state index contributed by atoms with van der Waals surface area (Å²) in [6.07, 6.45) is 5.57. The molecule has 1 aliphatic rings. The molecule has 1 fully saturated rings. The molecule has 0 aromatic heterocycles. The molecule has 0 saturated carbocycles. The number of hydrogen-bond donors (Lipinski definition) is 1. The van der Waals surface area contributed by atoms with Crippen LogP contribution >= 0.6 is 0 Å². The molecule has 0 aromatic rings. The molecule has 4 atom stereocenters. The normalized spacial score (nSPS) is 21.0. The summed E-state index contributed by atoms with van der Waals surface area (Å²) in [7, 11) is -0.235. The molecule has 0 amide bonds. The predicted molar refractivity (Wildman–Crippen MR) is 137 cm³/mol. The summed E-state index contributed by atoms with van der Waals surface area (Å²) < 4.78 is 29.2. The van der Waals surface area contributed by atoms with Gasteiger partial charge in [-0.25, -0.2) is 0 Å². The minimum absolute atomic E-state index is 0.165. The summed E-state index contributed by atoms with van der Waals surface area (Å²) in [5, 5.41) is 10.7. The van der Waals surface area contributed by atoms with E-state index in [9.17, 15) is 5.11 Å². The second-order valence-electron chi connectivity index (χ2n) is 11.6. The fourth-order valence-corrected chi connectivity index (χ4v) is 5.07. The number of hydrogen-bond acceptors (Lipinski definition) is 6. The van der Waals surface area contributed by atoms with Crippen molar-refractivity contribution < 1.29 is 28.5 Å². The lowest BCUT2D eigenvalue weighted by Crippen LogP contribution is -2.41. The smallest absolute Gasteiger partial charge is 0.191 e. The first-order chi connectivity index (χ1) is 15.2. The third-order valence-electron chi connectivity index (χ3n) is 7.10. The average Bonchev–Trinajstić information content (AvgIpc) is 3.14. The van der Waals surface area contributed by atoms with Crippen LogP contribution in [-0.2, 0) is 23.4 Å². The zero-order chi connectivity index (χ0) is 25.3. The lowest BCUT2D eigenvalue weighted by Gasteiger charge is -2.37. The molecule has 6 nitrogen and oxygen atoms in total. The van der Waals surface area contributed by atoms with E-state index in [-0.39, 0.29) is 23.9 Å². The number of allylic oxidation sites excluding steroid dienone is 1. The highest BCUT2D eigenvalue weighted by Crippen LogP contribution is 2.39. The van der Waals surface area contributed by atoms with E-state index in [2.05, 4.69) is 60.7 Å². The van der Waals surface area contributed by atoms with E-state index in [4.69, 9.17) is 23.4 Å². The average molecular weight is 489 g/mol. The highest BCUT2D eigenvalue weighted by atomic mass is 28.4. The van der Waals surface area contributed by atoms with E-state index in [0.29, 0.717) is 31.7 Å². The van der Waals surface area contributed by atoms with Gasteiger partial charge in [-0.05, 0) is 49.2 Å². The van der Waals surface area contributed by atoms with Crippen LogP contribution in [0, 0.1) is 17.8 Å². The first-order valence-electron chi connectivity index (χ1n) is 12.6. The van der Waals surface area contributed by atoms with Gasteiger partial charge in [0.05, 0.1) is 25.4 Å². The number of ether oxygens (including phenoxy) is 4. The van der Waals surface area contributed by atoms with Crippen LogP contribution in [0.1, 0.15) is 67.7 Å². The Bertz CT molecular complexity index is 566. The number of rotatable bonds is 15. The monoisotopic (exact) mass is 488 g/mol. The van der Waals surface area contributed by atoms with Crippen molar-refractivity contribution in [2.45, 2.75) is 104 Å². The predicted octanol–water partition coefficient (Wildman–Crippen LogP) is 5.76. The third-order valence-corrected chi connectivity index (χ3v) is 11.6. The molecule has 0 radical (unpaired) electrons. The molecule has 0 unspecified atom stereocenters. The van der Waals surface area contributed by atoms with Crippen LogP contribution in [0.2, 0.25) is 18.1 Å². The zero-order valence-corrected chi connectivity index (χ0v) is 24.0. The second kappa shape index (κ2) is 13.7. The molecule has 196 valence electrons. The summed E-state index contributed by atoms with van der Waals surface area (Å²) in [4.78, 5) is 0. The molecule has 1 rings (SSSR count). The van der Waals surface area contributed by atoms with Crippen molar-refractivity contribution in [2.24, 2.45) is 17.8 Å². The molecular weight excluding hydrogens is 436 g/mol. The number of aliphatic hydroxyl groups excluding tert-OH is 1. The van der Waals surface area contributed by atoms with Crippen LogP contribution in [0.3, 0.4) is 0 Å². The van der Waals surface area contributed by atoms with Crippen LogP contribution in [0.4, 0.5) is 0 Å². The maximum Gasteiger partial charge on any atom is 0.191 e. The standard InChI is InChI=1S/C26H52O6Si/c1-20(2)17-26(30-15-16-31-26)18-21(3)23(11-12-24(27)22(4)29-19-28-8)13-14-32-33(9,10)25(5,6)7/h11-12,20-24,27H,13-19H2,1-10H3/b12-11+/t21-,22-,23-,24+/m1/s1. The van der Waals surface area contributed by atoms with Crippen LogP contribution in [-0.4, -0.2) is 65.1 Å². The summed E-state index contributed by atoms with van der Waals surface area (Å²) >= 11 is 0. The van der Waals surface area contributed by atoms with E-state index >= 15 is 0 Å². The van der Waals surface area contributed by atoms with Crippen molar-refractivity contribution in [3.8, 4) is 0 Å².